The molecule has 1 saturated carbocycles. The van der Waals surface area contributed by atoms with E-state index in [0.717, 1.165) is 67.1 Å². The minimum Gasteiger partial charge on any atom is -0.487 e. The van der Waals surface area contributed by atoms with E-state index in [1.807, 2.05) is 36.7 Å². The molecule has 1 aliphatic carbocycles. The number of fused-ring (bicyclic) bond motifs is 1. The molecule has 0 amide bonds. The number of likely N-dealkylation sites (N-methyl/N-ethyl adjacent to an activating group) is 1. The highest BCUT2D eigenvalue weighted by Crippen LogP contribution is 2.36. The van der Waals surface area contributed by atoms with Gasteiger partial charge in [-0.3, -0.25) is 9.36 Å². The third kappa shape index (κ3) is 13.9. The molecule has 32 nitrogen and oxygen atoms in total. The molecule has 0 bridgehead atoms. The van der Waals surface area contributed by atoms with E-state index in [0.29, 0.717) is 43.1 Å². The van der Waals surface area contributed by atoms with Gasteiger partial charge in [0.25, 0.3) is 0 Å². The van der Waals surface area contributed by atoms with Crippen LogP contribution in [-0.4, -0.2) is 253 Å². The molecule has 6 aromatic rings. The number of aliphatic hydroxyl groups is 6. The molecule has 32 heteroatoms. The summed E-state index contributed by atoms with van der Waals surface area (Å²) in [6, 6.07) is 9.88. The summed E-state index contributed by atoms with van der Waals surface area (Å²) < 4.78 is 47.9. The molecule has 5 aliphatic rings. The minimum absolute atomic E-state index is 0.0501. The number of piperazine rings is 1. The number of ether oxygens (including phenoxy) is 7. The van der Waals surface area contributed by atoms with Crippen LogP contribution in [0.5, 0.6) is 5.75 Å². The second-order valence-corrected chi connectivity index (χ2v) is 23.0. The van der Waals surface area contributed by atoms with Crippen LogP contribution in [0.4, 0.5) is 5.69 Å². The van der Waals surface area contributed by atoms with Crippen molar-refractivity contribution in [1.82, 2.24) is 59.8 Å². The molecule has 0 radical (unpaired) electrons. The Morgan fingerprint density at radius 2 is 1.15 bits per heavy atom. The van der Waals surface area contributed by atoms with Gasteiger partial charge in [-0.1, -0.05) is 15.6 Å². The third-order valence-electron chi connectivity index (χ3n) is 16.8. The number of benzene rings is 2. The molecule has 2 aromatic carbocycles. The van der Waals surface area contributed by atoms with Crippen molar-refractivity contribution in [3.05, 3.63) is 78.1 Å². The first-order valence-corrected chi connectivity index (χ1v) is 29.3. The van der Waals surface area contributed by atoms with E-state index >= 15 is 0 Å². The first-order valence-electron chi connectivity index (χ1n) is 29.3. The first kappa shape index (κ1) is 61.8. The van der Waals surface area contributed by atoms with Crippen molar-refractivity contribution in [2.24, 2.45) is 34.4 Å². The van der Waals surface area contributed by atoms with Gasteiger partial charge in [-0.15, -0.1) is 15.3 Å². The molecule has 8 heterocycles. The summed E-state index contributed by atoms with van der Waals surface area (Å²) in [6.07, 6.45) is -11.8. The maximum absolute atomic E-state index is 12.0. The summed E-state index contributed by atoms with van der Waals surface area (Å²) in [6.45, 7) is 4.99. The maximum Gasteiger partial charge on any atom is 0.187 e. The summed E-state index contributed by atoms with van der Waals surface area (Å²) >= 11 is 0. The molecule has 4 aromatic heterocycles. The van der Waals surface area contributed by atoms with E-state index in [9.17, 15) is 30.6 Å². The molecular formula is C54H81N19O13. The number of nitrogens with two attached hydrogens (primary N) is 6. The monoisotopic (exact) mass is 1200 g/mol. The Balaban J connectivity index is 0.651. The van der Waals surface area contributed by atoms with E-state index in [1.54, 1.807) is 15.6 Å². The van der Waals surface area contributed by atoms with Crippen molar-refractivity contribution in [1.29, 1.82) is 0 Å². The number of H-pyrrole nitrogens is 1. The normalized spacial score (nSPS) is 33.7. The fraction of sp³-hybridized carbons (Fsp3) is 0.648. The van der Waals surface area contributed by atoms with Crippen LogP contribution in [0.15, 0.2) is 61.1 Å². The lowest BCUT2D eigenvalue weighted by molar-refractivity contribution is -0.306. The molecule has 19 N–H and O–H groups in total. The van der Waals surface area contributed by atoms with Crippen LogP contribution in [0.25, 0.3) is 22.4 Å². The summed E-state index contributed by atoms with van der Waals surface area (Å²) in [4.78, 5) is 13.1. The fourth-order valence-electron chi connectivity index (χ4n) is 11.6. The van der Waals surface area contributed by atoms with Crippen molar-refractivity contribution < 1.29 is 63.8 Å². The van der Waals surface area contributed by atoms with Crippen molar-refractivity contribution >= 4 is 16.7 Å². The quantitative estimate of drug-likeness (QED) is 0.0267. The predicted octanol–water partition coefficient (Wildman–Crippen LogP) is -5.27. The number of hydrogen-bond donors (Lipinski definition) is 13. The average Bonchev–Trinajstić information content (AvgIpc) is 2.37. The van der Waals surface area contributed by atoms with Crippen LogP contribution >= 0.6 is 0 Å². The topological polar surface area (TPSA) is 469 Å². The van der Waals surface area contributed by atoms with Gasteiger partial charge < -0.3 is 113 Å². The maximum atomic E-state index is 12.0. The van der Waals surface area contributed by atoms with Gasteiger partial charge in [-0.25, -0.2) is 9.67 Å². The van der Waals surface area contributed by atoms with E-state index in [1.165, 1.54) is 10.4 Å². The van der Waals surface area contributed by atoms with Crippen molar-refractivity contribution in [2.75, 3.05) is 51.2 Å². The summed E-state index contributed by atoms with van der Waals surface area (Å²) in [5, 5.41) is 91.9. The number of nitrogens with zero attached hydrogens (tertiary/aromatic N) is 12. The standard InChI is InChI=1S/C54H81N19O13/c1-69-12-14-70(15-13-69)31-8-11-35-36(18-31)62-51(61-35)27-6-9-32(10-7-27)80-26-30-24-72(67-65-30)17-16-71-22-28(63-66-71)4-2-3-5-29-23-73(68-64-29)25-39-49(85-53-41(60)46(78)44(76)38(21-56)82-53)47(79)54(83-39)86-50-42(74)33(57)19-34(58)48(50)84-52-40(59)45(77)43(75)37(20-55)81-52/h6-11,18,22-24,33-34,37-50,52-54,74-79H,2-5,12-17,19-21,25-26,55-60H2,1H3,(H,61,62)/t33-,34?,37?,38+,39-,40?,41?,42?,43-,44-,45-,46?,47+,48-,49+,50-,52+,53-,54?/m1/s1. The highest BCUT2D eigenvalue weighted by atomic mass is 16.8. The Morgan fingerprint density at radius 1 is 0.593 bits per heavy atom. The van der Waals surface area contributed by atoms with Crippen molar-refractivity contribution in [3.8, 4) is 17.1 Å². The van der Waals surface area contributed by atoms with Gasteiger partial charge in [0, 0.05) is 75.0 Å². The van der Waals surface area contributed by atoms with Crippen LogP contribution < -0.4 is 44.0 Å². The molecule has 4 saturated heterocycles. The van der Waals surface area contributed by atoms with Crippen LogP contribution in [-0.2, 0) is 67.5 Å². The van der Waals surface area contributed by atoms with E-state index in [2.05, 4.69) is 71.0 Å². The molecule has 4 aliphatic heterocycles. The summed E-state index contributed by atoms with van der Waals surface area (Å²) in [5.41, 5.74) is 43.3. The van der Waals surface area contributed by atoms with E-state index in [4.69, 9.17) is 72.5 Å². The van der Waals surface area contributed by atoms with Gasteiger partial charge in [0.2, 0.25) is 0 Å². The van der Waals surface area contributed by atoms with Crippen LogP contribution in [0.1, 0.15) is 36.3 Å². The van der Waals surface area contributed by atoms with Gasteiger partial charge in [-0.05, 0) is 81.6 Å². The van der Waals surface area contributed by atoms with E-state index < -0.39 is 116 Å². The molecule has 7 unspecified atom stereocenters. The number of nitrogens with one attached hydrogen (secondary N) is 1. The second kappa shape index (κ2) is 27.3. The SMILES string of the molecule is CN1CCN(c2ccc3nc(-c4ccc(OCc5cn(CCn6cc(CCCCc7cn(C[C@H]8OC(O[C@@H]9C(O)[C@H](N)CC(N)[C@H]9O[C@@H]9OC(CN)[C@@H](O)[C@H](O)C9N)[C@@H](O)[C@H]8O[C@H]8O[C@@H](CN)[C@@H](O)C(O)C8N)nn7)nn6)nn5)cc4)[nH]c3c2)CC1. The Morgan fingerprint density at radius 3 is 1.78 bits per heavy atom. The van der Waals surface area contributed by atoms with Gasteiger partial charge in [0.15, 0.2) is 18.9 Å². The zero-order chi connectivity index (χ0) is 60.3. The summed E-state index contributed by atoms with van der Waals surface area (Å²) in [7, 11) is 2.16. The van der Waals surface area contributed by atoms with Gasteiger partial charge in [0.05, 0.1) is 66.4 Å². The molecule has 5 fully saturated rings. The molecule has 470 valence electrons. The van der Waals surface area contributed by atoms with Gasteiger partial charge >= 0.3 is 0 Å². The molecule has 19 atom stereocenters. The largest absolute Gasteiger partial charge is 0.487 e. The second-order valence-electron chi connectivity index (χ2n) is 23.0. The Bertz CT molecular complexity index is 3110. The predicted molar refractivity (Wildman–Crippen MR) is 304 cm³/mol. The average molecular weight is 1200 g/mol. The lowest BCUT2D eigenvalue weighted by Crippen LogP contribution is -2.68. The summed E-state index contributed by atoms with van der Waals surface area (Å²) in [5.74, 6) is 1.50. The lowest BCUT2D eigenvalue weighted by atomic mass is 9.84. The number of rotatable bonds is 23. The smallest absolute Gasteiger partial charge is 0.187 e. The number of aryl methyl sites for hydroxylation is 4. The van der Waals surface area contributed by atoms with Crippen molar-refractivity contribution in [3.63, 3.8) is 0 Å². The number of aliphatic hydroxyl groups excluding tert-OH is 6. The zero-order valence-electron chi connectivity index (χ0n) is 47.7. The number of anilines is 1. The molecule has 86 heavy (non-hydrogen) atoms. The highest BCUT2D eigenvalue weighted by molar-refractivity contribution is 5.83. The number of unbranched alkanes of at least 4 members (excludes halogenated alkanes) is 1. The first-order chi connectivity index (χ1) is 41.5. The van der Waals surface area contributed by atoms with Crippen molar-refractivity contribution in [2.45, 2.75) is 175 Å². The molecule has 11 rings (SSSR count). The minimum atomic E-state index is -1.62. The third-order valence-corrected chi connectivity index (χ3v) is 16.8. The number of imidazole rings is 1. The van der Waals surface area contributed by atoms with Crippen LogP contribution in [0.3, 0.4) is 0 Å². The fourth-order valence-corrected chi connectivity index (χ4v) is 11.6. The Labute approximate surface area is 494 Å². The number of hydrogen-bond acceptors (Lipinski definition) is 28. The lowest BCUT2D eigenvalue weighted by Gasteiger charge is -2.47. The zero-order valence-corrected chi connectivity index (χ0v) is 47.7. The van der Waals surface area contributed by atoms with Gasteiger partial charge in [-0.2, -0.15) is 0 Å². The highest BCUT2D eigenvalue weighted by Gasteiger charge is 2.55. The Hall–Kier alpha value is -5.83. The van der Waals surface area contributed by atoms with Crippen LogP contribution in [0.2, 0.25) is 0 Å². The van der Waals surface area contributed by atoms with E-state index in [-0.39, 0.29) is 32.7 Å². The van der Waals surface area contributed by atoms with Gasteiger partial charge in [0.1, 0.15) is 91.0 Å². The molecule has 0 spiro atoms. The van der Waals surface area contributed by atoms with Crippen LogP contribution in [0, 0.1) is 0 Å². The Kier molecular flexibility index (Phi) is 19.6. The number of aromatic nitrogens is 11. The molecular weight excluding hydrogens is 1120 g/mol. The number of aromatic amines is 1.